The molecule has 0 amide bonds. The first kappa shape index (κ1) is 10.2. The molecule has 0 aliphatic rings. The second-order valence-corrected chi connectivity index (χ2v) is 3.68. The van der Waals surface area contributed by atoms with E-state index in [2.05, 4.69) is 6.92 Å². The van der Waals surface area contributed by atoms with E-state index in [0.717, 1.165) is 17.4 Å². The number of hydrogen-bond donors (Lipinski definition) is 0. The highest BCUT2D eigenvalue weighted by molar-refractivity contribution is 6.17. The summed E-state index contributed by atoms with van der Waals surface area (Å²) in [6.45, 7) is 2.08. The Morgan fingerprint density at radius 3 is 2.80 bits per heavy atom. The summed E-state index contributed by atoms with van der Waals surface area (Å²) in [5.74, 6) is 0.329. The molecular weight excluding hydrogens is 212 g/mol. The lowest BCUT2D eigenvalue weighted by molar-refractivity contribution is 0.559. The third-order valence-electron chi connectivity index (χ3n) is 2.44. The van der Waals surface area contributed by atoms with Gasteiger partial charge in [0.2, 0.25) is 0 Å². The predicted molar refractivity (Wildman–Crippen MR) is 61.4 cm³/mol. The quantitative estimate of drug-likeness (QED) is 0.577. The van der Waals surface area contributed by atoms with Gasteiger partial charge >= 0.3 is 5.63 Å². The molecular formula is C12H11ClO2. The Kier molecular flexibility index (Phi) is 2.78. The zero-order valence-corrected chi connectivity index (χ0v) is 9.17. The van der Waals surface area contributed by atoms with Crippen LogP contribution < -0.4 is 5.63 Å². The molecule has 0 unspecified atom stereocenters. The fourth-order valence-corrected chi connectivity index (χ4v) is 1.83. The van der Waals surface area contributed by atoms with Crippen LogP contribution in [0.2, 0.25) is 0 Å². The van der Waals surface area contributed by atoms with E-state index in [1.165, 1.54) is 11.6 Å². The largest absolute Gasteiger partial charge is 0.423 e. The van der Waals surface area contributed by atoms with Crippen LogP contribution >= 0.6 is 11.6 Å². The minimum absolute atomic E-state index is 0.329. The average Bonchev–Trinajstić information content (AvgIpc) is 2.27. The first-order valence-corrected chi connectivity index (χ1v) is 5.39. The molecule has 15 heavy (non-hydrogen) atoms. The van der Waals surface area contributed by atoms with Crippen LogP contribution in [-0.2, 0) is 12.3 Å². The molecule has 1 heterocycles. The summed E-state index contributed by atoms with van der Waals surface area (Å²) in [4.78, 5) is 11.2. The normalized spacial score (nSPS) is 10.8. The van der Waals surface area contributed by atoms with E-state index in [9.17, 15) is 4.79 Å². The van der Waals surface area contributed by atoms with Crippen molar-refractivity contribution in [3.63, 3.8) is 0 Å². The fourth-order valence-electron chi connectivity index (χ4n) is 1.61. The number of hydrogen-bond acceptors (Lipinski definition) is 2. The first-order valence-electron chi connectivity index (χ1n) is 4.86. The van der Waals surface area contributed by atoms with Crippen molar-refractivity contribution in [3.05, 3.63) is 45.8 Å². The van der Waals surface area contributed by atoms with Gasteiger partial charge in [-0.15, -0.1) is 11.6 Å². The average molecular weight is 223 g/mol. The van der Waals surface area contributed by atoms with Crippen molar-refractivity contribution in [2.24, 2.45) is 0 Å². The summed E-state index contributed by atoms with van der Waals surface area (Å²) < 4.78 is 5.09. The topological polar surface area (TPSA) is 30.2 Å². The summed E-state index contributed by atoms with van der Waals surface area (Å²) in [6, 6.07) is 7.26. The van der Waals surface area contributed by atoms with Gasteiger partial charge in [-0.1, -0.05) is 13.0 Å². The van der Waals surface area contributed by atoms with Gasteiger partial charge in [0.05, 0.1) is 0 Å². The van der Waals surface area contributed by atoms with E-state index in [-0.39, 0.29) is 5.63 Å². The number of aryl methyl sites for hydroxylation is 1. The highest BCUT2D eigenvalue weighted by atomic mass is 35.5. The molecule has 3 heteroatoms. The van der Waals surface area contributed by atoms with Crippen LogP contribution in [0.3, 0.4) is 0 Å². The molecule has 0 N–H and O–H groups in total. The molecule has 2 nitrogen and oxygen atoms in total. The SMILES string of the molecule is CCc1ccc2oc(=O)cc(CCl)c2c1. The minimum Gasteiger partial charge on any atom is -0.423 e. The third kappa shape index (κ3) is 1.90. The Morgan fingerprint density at radius 1 is 1.33 bits per heavy atom. The lowest BCUT2D eigenvalue weighted by Crippen LogP contribution is -1.99. The molecule has 0 spiro atoms. The molecule has 0 aliphatic heterocycles. The summed E-state index contributed by atoms with van der Waals surface area (Å²) in [5, 5.41) is 0.934. The Balaban J connectivity index is 2.79. The van der Waals surface area contributed by atoms with Crippen molar-refractivity contribution in [1.29, 1.82) is 0 Å². The molecule has 0 atom stereocenters. The number of benzene rings is 1. The van der Waals surface area contributed by atoms with Gasteiger partial charge < -0.3 is 4.42 Å². The first-order chi connectivity index (χ1) is 7.24. The number of alkyl halides is 1. The Labute approximate surface area is 92.5 Å². The van der Waals surface area contributed by atoms with Crippen molar-refractivity contribution in [2.45, 2.75) is 19.2 Å². The van der Waals surface area contributed by atoms with Crippen LogP contribution in [0.5, 0.6) is 0 Å². The molecule has 0 aliphatic carbocycles. The zero-order chi connectivity index (χ0) is 10.8. The van der Waals surface area contributed by atoms with E-state index >= 15 is 0 Å². The number of halogens is 1. The highest BCUT2D eigenvalue weighted by Gasteiger charge is 2.04. The molecule has 1 aromatic heterocycles. The summed E-state index contributed by atoms with van der Waals surface area (Å²) in [7, 11) is 0. The van der Waals surface area contributed by atoms with Crippen molar-refractivity contribution in [3.8, 4) is 0 Å². The monoisotopic (exact) mass is 222 g/mol. The standard InChI is InChI=1S/C12H11ClO2/c1-2-8-3-4-11-10(5-8)9(7-13)6-12(14)15-11/h3-6H,2,7H2,1H3. The smallest absolute Gasteiger partial charge is 0.336 e. The van der Waals surface area contributed by atoms with Gasteiger partial charge in [0, 0.05) is 17.3 Å². The van der Waals surface area contributed by atoms with Gasteiger partial charge in [-0.2, -0.15) is 0 Å². The molecule has 0 saturated heterocycles. The van der Waals surface area contributed by atoms with Gasteiger partial charge in [-0.05, 0) is 29.7 Å². The van der Waals surface area contributed by atoms with Gasteiger partial charge in [0.15, 0.2) is 0 Å². The second-order valence-electron chi connectivity index (χ2n) is 3.41. The molecule has 2 aromatic rings. The lowest BCUT2D eigenvalue weighted by Gasteiger charge is -2.03. The van der Waals surface area contributed by atoms with E-state index in [0.29, 0.717) is 11.5 Å². The molecule has 1 aromatic carbocycles. The minimum atomic E-state index is -0.345. The van der Waals surface area contributed by atoms with Crippen LogP contribution in [0.15, 0.2) is 33.5 Å². The van der Waals surface area contributed by atoms with Crippen molar-refractivity contribution in [1.82, 2.24) is 0 Å². The lowest BCUT2D eigenvalue weighted by atomic mass is 10.1. The van der Waals surface area contributed by atoms with Crippen molar-refractivity contribution >= 4 is 22.6 Å². The van der Waals surface area contributed by atoms with Crippen LogP contribution in [0.4, 0.5) is 0 Å². The molecule has 78 valence electrons. The Hall–Kier alpha value is -1.28. The molecule has 2 rings (SSSR count). The van der Waals surface area contributed by atoms with E-state index in [4.69, 9.17) is 16.0 Å². The van der Waals surface area contributed by atoms with Crippen molar-refractivity contribution in [2.75, 3.05) is 0 Å². The molecule has 0 saturated carbocycles. The van der Waals surface area contributed by atoms with Gasteiger partial charge in [0.25, 0.3) is 0 Å². The highest BCUT2D eigenvalue weighted by Crippen LogP contribution is 2.20. The maximum absolute atomic E-state index is 11.2. The van der Waals surface area contributed by atoms with E-state index in [1.807, 2.05) is 18.2 Å². The Morgan fingerprint density at radius 2 is 2.13 bits per heavy atom. The van der Waals surface area contributed by atoms with Gasteiger partial charge in [0.1, 0.15) is 5.58 Å². The van der Waals surface area contributed by atoms with E-state index in [1.54, 1.807) is 0 Å². The van der Waals surface area contributed by atoms with Crippen LogP contribution in [0.1, 0.15) is 18.1 Å². The number of rotatable bonds is 2. The van der Waals surface area contributed by atoms with Crippen LogP contribution in [0.25, 0.3) is 11.0 Å². The van der Waals surface area contributed by atoms with Crippen molar-refractivity contribution < 1.29 is 4.42 Å². The summed E-state index contributed by atoms with van der Waals surface area (Å²) in [5.41, 5.74) is 2.30. The molecule has 0 radical (unpaired) electrons. The predicted octanol–water partition coefficient (Wildman–Crippen LogP) is 3.09. The Bertz CT molecular complexity index is 543. The maximum atomic E-state index is 11.2. The zero-order valence-electron chi connectivity index (χ0n) is 8.42. The second kappa shape index (κ2) is 4.07. The maximum Gasteiger partial charge on any atom is 0.336 e. The van der Waals surface area contributed by atoms with Gasteiger partial charge in [-0.3, -0.25) is 0 Å². The van der Waals surface area contributed by atoms with Crippen LogP contribution in [0, 0.1) is 0 Å². The summed E-state index contributed by atoms with van der Waals surface area (Å²) in [6.07, 6.45) is 0.955. The van der Waals surface area contributed by atoms with E-state index < -0.39 is 0 Å². The van der Waals surface area contributed by atoms with Crippen LogP contribution in [-0.4, -0.2) is 0 Å². The molecule has 0 fully saturated rings. The fraction of sp³-hybridized carbons (Fsp3) is 0.250. The molecule has 0 bridgehead atoms. The van der Waals surface area contributed by atoms with Gasteiger partial charge in [-0.25, -0.2) is 4.79 Å². The number of fused-ring (bicyclic) bond motifs is 1. The summed E-state index contributed by atoms with van der Waals surface area (Å²) >= 11 is 5.79. The third-order valence-corrected chi connectivity index (χ3v) is 2.73.